The van der Waals surface area contributed by atoms with Crippen LogP contribution in [0.5, 0.6) is 0 Å². The number of nitrogens with one attached hydrogen (secondary N) is 1. The van der Waals surface area contributed by atoms with Crippen LogP contribution in [0.25, 0.3) is 11.4 Å². The molecule has 140 valence electrons. The van der Waals surface area contributed by atoms with Gasteiger partial charge in [0, 0.05) is 10.6 Å². The van der Waals surface area contributed by atoms with Gasteiger partial charge in [-0.15, -0.1) is 10.2 Å². The van der Waals surface area contributed by atoms with Gasteiger partial charge in [-0.2, -0.15) is 0 Å². The number of halogens is 2. The Bertz CT molecular complexity index is 930. The molecule has 0 bridgehead atoms. The van der Waals surface area contributed by atoms with Crippen molar-refractivity contribution in [3.05, 3.63) is 64.9 Å². The number of rotatable bonds is 6. The topological polar surface area (TPSA) is 85.8 Å². The first-order chi connectivity index (χ1) is 12.9. The Hall–Kier alpha value is -2.58. The Balaban J connectivity index is 1.59. The third kappa shape index (κ3) is 4.78. The van der Waals surface area contributed by atoms with E-state index in [1.807, 2.05) is 19.1 Å². The number of aromatic nitrogens is 3. The highest BCUT2D eigenvalue weighted by molar-refractivity contribution is 7.99. The maximum Gasteiger partial charge on any atom is 0.230 e. The van der Waals surface area contributed by atoms with Gasteiger partial charge in [-0.25, -0.2) is 9.07 Å². The van der Waals surface area contributed by atoms with Crippen LogP contribution in [-0.2, 0) is 4.79 Å². The number of hydrogen-bond acceptors (Lipinski definition) is 5. The second kappa shape index (κ2) is 8.41. The summed E-state index contributed by atoms with van der Waals surface area (Å²) in [5.74, 6) is 6.03. The fourth-order valence-corrected chi connectivity index (χ4v) is 3.21. The molecule has 0 saturated carbocycles. The second-order valence-corrected chi connectivity index (χ2v) is 7.19. The highest BCUT2D eigenvalue weighted by Gasteiger charge is 2.15. The standard InChI is InChI=1S/C18H17ClFN5OS/c1-11(12-2-6-14(19)7-3-12)22-16(26)10-27-18-24-23-17(25(18)21)13-4-8-15(20)9-5-13/h2-9,11H,10,21H2,1H3,(H,22,26)/t11-/m1/s1. The summed E-state index contributed by atoms with van der Waals surface area (Å²) in [4.78, 5) is 12.2. The first-order valence-corrected chi connectivity index (χ1v) is 9.44. The molecule has 0 spiro atoms. The molecule has 0 aliphatic carbocycles. The van der Waals surface area contributed by atoms with Gasteiger partial charge in [-0.3, -0.25) is 4.79 Å². The number of carbonyl (C=O) groups excluding carboxylic acids is 1. The van der Waals surface area contributed by atoms with Gasteiger partial charge in [-0.1, -0.05) is 35.5 Å². The predicted molar refractivity (Wildman–Crippen MR) is 104 cm³/mol. The zero-order chi connectivity index (χ0) is 19.4. The molecule has 27 heavy (non-hydrogen) atoms. The van der Waals surface area contributed by atoms with Crippen LogP contribution in [0, 0.1) is 5.82 Å². The summed E-state index contributed by atoms with van der Waals surface area (Å²) in [6.07, 6.45) is 0. The molecule has 1 atom stereocenters. The molecule has 0 unspecified atom stereocenters. The third-order valence-electron chi connectivity index (χ3n) is 3.85. The molecule has 6 nitrogen and oxygen atoms in total. The fraction of sp³-hybridized carbons (Fsp3) is 0.167. The van der Waals surface area contributed by atoms with Crippen LogP contribution in [0.3, 0.4) is 0 Å². The summed E-state index contributed by atoms with van der Waals surface area (Å²) >= 11 is 7.04. The maximum absolute atomic E-state index is 13.0. The predicted octanol–water partition coefficient (Wildman–Crippen LogP) is 3.42. The van der Waals surface area contributed by atoms with Crippen LogP contribution in [0.1, 0.15) is 18.5 Å². The van der Waals surface area contributed by atoms with Crippen molar-refractivity contribution < 1.29 is 9.18 Å². The van der Waals surface area contributed by atoms with Gasteiger partial charge in [0.15, 0.2) is 5.82 Å². The van der Waals surface area contributed by atoms with Gasteiger partial charge in [0.2, 0.25) is 11.1 Å². The number of benzene rings is 2. The molecule has 2 aromatic carbocycles. The summed E-state index contributed by atoms with van der Waals surface area (Å²) < 4.78 is 14.3. The first kappa shape index (κ1) is 19.2. The van der Waals surface area contributed by atoms with E-state index in [0.717, 1.165) is 5.56 Å². The van der Waals surface area contributed by atoms with Crippen molar-refractivity contribution in [1.29, 1.82) is 0 Å². The van der Waals surface area contributed by atoms with E-state index in [2.05, 4.69) is 15.5 Å². The summed E-state index contributed by atoms with van der Waals surface area (Å²) in [5, 5.41) is 12.0. The lowest BCUT2D eigenvalue weighted by Crippen LogP contribution is -2.28. The van der Waals surface area contributed by atoms with Crippen molar-refractivity contribution in [2.24, 2.45) is 0 Å². The zero-order valence-electron chi connectivity index (χ0n) is 14.4. The van der Waals surface area contributed by atoms with Crippen molar-refractivity contribution >= 4 is 29.3 Å². The van der Waals surface area contributed by atoms with E-state index in [0.29, 0.717) is 21.6 Å². The molecular formula is C18H17ClFN5OS. The van der Waals surface area contributed by atoms with E-state index in [9.17, 15) is 9.18 Å². The number of nitrogens with zero attached hydrogens (tertiary/aromatic N) is 3. The van der Waals surface area contributed by atoms with E-state index in [1.165, 1.54) is 28.6 Å². The van der Waals surface area contributed by atoms with Crippen molar-refractivity contribution in [3.63, 3.8) is 0 Å². The highest BCUT2D eigenvalue weighted by Crippen LogP contribution is 2.22. The van der Waals surface area contributed by atoms with Crippen LogP contribution in [-0.4, -0.2) is 26.5 Å². The molecule has 0 aliphatic heterocycles. The molecule has 3 aromatic rings. The number of thioether (sulfide) groups is 1. The van der Waals surface area contributed by atoms with Gasteiger partial charge >= 0.3 is 0 Å². The van der Waals surface area contributed by atoms with Crippen molar-refractivity contribution in [3.8, 4) is 11.4 Å². The van der Waals surface area contributed by atoms with Gasteiger partial charge in [-0.05, 0) is 48.9 Å². The van der Waals surface area contributed by atoms with Crippen LogP contribution in [0.4, 0.5) is 4.39 Å². The average Bonchev–Trinajstić information content (AvgIpc) is 3.02. The summed E-state index contributed by atoms with van der Waals surface area (Å²) in [6, 6.07) is 12.9. The Kier molecular flexibility index (Phi) is 5.98. The Labute approximate surface area is 164 Å². The largest absolute Gasteiger partial charge is 0.349 e. The average molecular weight is 406 g/mol. The van der Waals surface area contributed by atoms with Crippen LogP contribution < -0.4 is 11.2 Å². The monoisotopic (exact) mass is 405 g/mol. The van der Waals surface area contributed by atoms with Crippen molar-refractivity contribution in [2.45, 2.75) is 18.1 Å². The number of nitrogen functional groups attached to an aromatic ring is 1. The minimum absolute atomic E-state index is 0.136. The summed E-state index contributed by atoms with van der Waals surface area (Å²) in [5.41, 5.74) is 1.59. The molecule has 3 rings (SSSR count). The first-order valence-electron chi connectivity index (χ1n) is 8.08. The quantitative estimate of drug-likeness (QED) is 0.484. The summed E-state index contributed by atoms with van der Waals surface area (Å²) in [7, 11) is 0. The molecular weight excluding hydrogens is 389 g/mol. The van der Waals surface area contributed by atoms with Gasteiger partial charge in [0.1, 0.15) is 5.82 Å². The molecule has 1 aromatic heterocycles. The molecule has 0 radical (unpaired) electrons. The Morgan fingerprint density at radius 2 is 1.89 bits per heavy atom. The van der Waals surface area contributed by atoms with Gasteiger partial charge < -0.3 is 11.2 Å². The molecule has 9 heteroatoms. The maximum atomic E-state index is 13.0. The van der Waals surface area contributed by atoms with E-state index in [1.54, 1.807) is 24.3 Å². The molecule has 0 saturated heterocycles. The number of nitrogens with two attached hydrogens (primary N) is 1. The Morgan fingerprint density at radius 1 is 1.22 bits per heavy atom. The number of hydrogen-bond donors (Lipinski definition) is 2. The van der Waals surface area contributed by atoms with Crippen molar-refractivity contribution in [2.75, 3.05) is 11.6 Å². The van der Waals surface area contributed by atoms with Crippen LogP contribution >= 0.6 is 23.4 Å². The smallest absolute Gasteiger partial charge is 0.230 e. The van der Waals surface area contributed by atoms with E-state index < -0.39 is 0 Å². The SMILES string of the molecule is C[C@@H](NC(=O)CSc1nnc(-c2ccc(F)cc2)n1N)c1ccc(Cl)cc1. The van der Waals surface area contributed by atoms with E-state index in [4.69, 9.17) is 17.4 Å². The number of carbonyl (C=O) groups is 1. The second-order valence-electron chi connectivity index (χ2n) is 5.81. The van der Waals surface area contributed by atoms with Gasteiger partial charge in [0.05, 0.1) is 11.8 Å². The zero-order valence-corrected chi connectivity index (χ0v) is 16.0. The van der Waals surface area contributed by atoms with Gasteiger partial charge in [0.25, 0.3) is 0 Å². The molecule has 3 N–H and O–H groups in total. The normalized spacial score (nSPS) is 12.0. The molecule has 1 amide bonds. The summed E-state index contributed by atoms with van der Waals surface area (Å²) in [6.45, 7) is 1.89. The molecule has 0 fully saturated rings. The van der Waals surface area contributed by atoms with Crippen molar-refractivity contribution in [1.82, 2.24) is 20.2 Å². The lowest BCUT2D eigenvalue weighted by molar-refractivity contribution is -0.119. The lowest BCUT2D eigenvalue weighted by Gasteiger charge is -2.14. The molecule has 1 heterocycles. The third-order valence-corrected chi connectivity index (χ3v) is 5.04. The highest BCUT2D eigenvalue weighted by atomic mass is 35.5. The van der Waals surface area contributed by atoms with Crippen LogP contribution in [0.2, 0.25) is 5.02 Å². The lowest BCUT2D eigenvalue weighted by atomic mass is 10.1. The molecule has 0 aliphatic rings. The van der Waals surface area contributed by atoms with Crippen LogP contribution in [0.15, 0.2) is 53.7 Å². The Morgan fingerprint density at radius 3 is 2.56 bits per heavy atom. The minimum Gasteiger partial charge on any atom is -0.349 e. The van der Waals surface area contributed by atoms with E-state index in [-0.39, 0.29) is 23.5 Å². The fourth-order valence-electron chi connectivity index (χ4n) is 2.42. The number of amides is 1. The minimum atomic E-state index is -0.345. The van der Waals surface area contributed by atoms with E-state index >= 15 is 0 Å².